The van der Waals surface area contributed by atoms with Crippen LogP contribution in [0.1, 0.15) is 65.2 Å². The molecule has 2 N–H and O–H groups in total. The number of aromatic nitrogens is 2. The highest BCUT2D eigenvalue weighted by molar-refractivity contribution is 6.05. The van der Waals surface area contributed by atoms with Gasteiger partial charge in [0.25, 0.3) is 11.8 Å². The van der Waals surface area contributed by atoms with Crippen LogP contribution in [-0.2, 0) is 33.0 Å². The quantitative estimate of drug-likeness (QED) is 0.690. The van der Waals surface area contributed by atoms with E-state index in [9.17, 15) is 18.4 Å². The number of ether oxygens (including phenoxy) is 2. The van der Waals surface area contributed by atoms with Crippen molar-refractivity contribution in [2.75, 3.05) is 18.5 Å². The molecule has 0 bridgehead atoms. The van der Waals surface area contributed by atoms with Crippen LogP contribution < -0.4 is 10.6 Å². The lowest BCUT2D eigenvalue weighted by atomic mass is 10.0. The van der Waals surface area contributed by atoms with Crippen LogP contribution in [0.4, 0.5) is 14.6 Å². The molecule has 2 aliphatic carbocycles. The van der Waals surface area contributed by atoms with Crippen LogP contribution in [0.25, 0.3) is 0 Å². The number of alkyl halides is 2. The summed E-state index contributed by atoms with van der Waals surface area (Å²) in [5.41, 5.74) is 0.935. The van der Waals surface area contributed by atoms with Crippen molar-refractivity contribution >= 4 is 17.6 Å². The summed E-state index contributed by atoms with van der Waals surface area (Å²) in [6.07, 6.45) is 2.00. The molecule has 10 heteroatoms. The van der Waals surface area contributed by atoms with E-state index < -0.39 is 18.1 Å². The molecular weight excluding hydrogens is 434 g/mol. The summed E-state index contributed by atoms with van der Waals surface area (Å²) in [4.78, 5) is 34.1. The minimum Gasteiger partial charge on any atom is -0.351 e. The first kappa shape index (κ1) is 21.8. The molecule has 0 radical (unpaired) electrons. The average molecular weight is 458 g/mol. The predicted molar refractivity (Wildman–Crippen MR) is 113 cm³/mol. The molecule has 8 nitrogen and oxygen atoms in total. The number of carbonyl (C=O) groups excluding carboxylic acids is 2. The second-order valence-corrected chi connectivity index (χ2v) is 8.93. The van der Waals surface area contributed by atoms with Gasteiger partial charge < -0.3 is 20.1 Å². The lowest BCUT2D eigenvalue weighted by Gasteiger charge is -2.19. The van der Waals surface area contributed by atoms with Crippen molar-refractivity contribution in [1.29, 1.82) is 0 Å². The number of nitrogens with zero attached hydrogens (tertiary/aromatic N) is 2. The maximum absolute atomic E-state index is 14.1. The number of nitrogens with one attached hydrogen (secondary N) is 2. The SMILES string of the molecule is CC1(NC(=O)Cc2ncnc(NC(=O)c3cccc4c3CCC4(F)F)c2C2OCCO2)CC1. The van der Waals surface area contributed by atoms with Crippen LogP contribution >= 0.6 is 0 Å². The minimum absolute atomic E-state index is 0.0352. The first-order valence-corrected chi connectivity index (χ1v) is 11.0. The van der Waals surface area contributed by atoms with Crippen LogP contribution in [0.3, 0.4) is 0 Å². The number of hydrogen-bond donors (Lipinski definition) is 2. The molecule has 5 rings (SSSR count). The Hall–Kier alpha value is -2.98. The van der Waals surface area contributed by atoms with Gasteiger partial charge in [-0.1, -0.05) is 12.1 Å². The summed E-state index contributed by atoms with van der Waals surface area (Å²) in [6.45, 7) is 2.67. The number of rotatable bonds is 6. The second kappa shape index (κ2) is 8.11. The molecule has 2 aromatic rings. The molecule has 1 aromatic heterocycles. The summed E-state index contributed by atoms with van der Waals surface area (Å²) < 4.78 is 39.5. The van der Waals surface area contributed by atoms with E-state index >= 15 is 0 Å². The van der Waals surface area contributed by atoms with E-state index in [0.717, 1.165) is 12.8 Å². The van der Waals surface area contributed by atoms with Crippen LogP contribution in [-0.4, -0.2) is 40.5 Å². The van der Waals surface area contributed by atoms with Gasteiger partial charge in [0.1, 0.15) is 12.1 Å². The van der Waals surface area contributed by atoms with Crippen LogP contribution in [0.2, 0.25) is 0 Å². The summed E-state index contributed by atoms with van der Waals surface area (Å²) >= 11 is 0. The molecule has 0 atom stereocenters. The predicted octanol–water partition coefficient (Wildman–Crippen LogP) is 3.02. The zero-order valence-corrected chi connectivity index (χ0v) is 18.1. The van der Waals surface area contributed by atoms with E-state index in [4.69, 9.17) is 9.47 Å². The zero-order chi connectivity index (χ0) is 23.2. The Bertz CT molecular complexity index is 1110. The van der Waals surface area contributed by atoms with Gasteiger partial charge in [0.15, 0.2) is 6.29 Å². The van der Waals surface area contributed by atoms with Crippen molar-refractivity contribution in [1.82, 2.24) is 15.3 Å². The Balaban J connectivity index is 1.44. The van der Waals surface area contributed by atoms with E-state index in [1.807, 2.05) is 6.92 Å². The fraction of sp³-hybridized carbons (Fsp3) is 0.478. The summed E-state index contributed by atoms with van der Waals surface area (Å²) in [5, 5.41) is 5.69. The van der Waals surface area contributed by atoms with Crippen LogP contribution in [0, 0.1) is 0 Å². The highest BCUT2D eigenvalue weighted by atomic mass is 19.3. The van der Waals surface area contributed by atoms with Gasteiger partial charge >= 0.3 is 0 Å². The molecule has 2 heterocycles. The molecule has 174 valence electrons. The maximum Gasteiger partial charge on any atom is 0.273 e. The number of hydrogen-bond acceptors (Lipinski definition) is 6. The van der Waals surface area contributed by atoms with Crippen molar-refractivity contribution in [3.05, 3.63) is 52.5 Å². The molecule has 33 heavy (non-hydrogen) atoms. The highest BCUT2D eigenvalue weighted by Gasteiger charge is 2.41. The third kappa shape index (κ3) is 4.32. The number of benzene rings is 1. The van der Waals surface area contributed by atoms with Crippen molar-refractivity contribution in [2.45, 2.75) is 56.8 Å². The van der Waals surface area contributed by atoms with Gasteiger partial charge in [0, 0.05) is 23.1 Å². The third-order valence-electron chi connectivity index (χ3n) is 6.33. The molecular formula is C23H24F2N4O4. The first-order chi connectivity index (χ1) is 15.8. The Morgan fingerprint density at radius 3 is 2.64 bits per heavy atom. The third-order valence-corrected chi connectivity index (χ3v) is 6.33. The fourth-order valence-electron chi connectivity index (χ4n) is 4.29. The highest BCUT2D eigenvalue weighted by Crippen LogP contribution is 2.43. The summed E-state index contributed by atoms with van der Waals surface area (Å²) in [5.74, 6) is -3.59. The molecule has 1 saturated heterocycles. The molecule has 2 amide bonds. The van der Waals surface area contributed by atoms with E-state index in [0.29, 0.717) is 30.0 Å². The van der Waals surface area contributed by atoms with E-state index in [2.05, 4.69) is 20.6 Å². The van der Waals surface area contributed by atoms with Crippen molar-refractivity contribution in [2.24, 2.45) is 0 Å². The molecule has 2 fully saturated rings. The van der Waals surface area contributed by atoms with E-state index in [1.165, 1.54) is 24.5 Å². The van der Waals surface area contributed by atoms with Crippen LogP contribution in [0.15, 0.2) is 24.5 Å². The van der Waals surface area contributed by atoms with Crippen molar-refractivity contribution in [3.63, 3.8) is 0 Å². The number of amides is 2. The normalized spacial score (nSPS) is 20.3. The lowest BCUT2D eigenvalue weighted by Crippen LogP contribution is -2.35. The standard InChI is InChI=1S/C23H24F2N4O4/c1-22(7-8-22)29-17(30)11-16-18(21-32-9-10-33-21)19(27-12-26-16)28-20(31)14-3-2-4-15-13(14)5-6-23(15,24)25/h2-4,12,21H,5-11H2,1H3,(H,29,30)(H,26,27,28,31). The van der Waals surface area contributed by atoms with Gasteiger partial charge in [-0.15, -0.1) is 0 Å². The number of halogens is 2. The number of fused-ring (bicyclic) bond motifs is 1. The Kier molecular flexibility index (Phi) is 5.37. The lowest BCUT2D eigenvalue weighted by molar-refractivity contribution is -0.121. The molecule has 0 spiro atoms. The number of anilines is 1. The molecule has 1 aliphatic heterocycles. The molecule has 3 aliphatic rings. The molecule has 0 unspecified atom stereocenters. The van der Waals surface area contributed by atoms with Crippen molar-refractivity contribution < 1.29 is 27.8 Å². The maximum atomic E-state index is 14.1. The van der Waals surface area contributed by atoms with Gasteiger partial charge in [0.2, 0.25) is 5.91 Å². The van der Waals surface area contributed by atoms with Gasteiger partial charge in [-0.05, 0) is 37.8 Å². The molecule has 1 aromatic carbocycles. The molecule has 1 saturated carbocycles. The first-order valence-electron chi connectivity index (χ1n) is 11.0. The van der Waals surface area contributed by atoms with Gasteiger partial charge in [-0.3, -0.25) is 9.59 Å². The van der Waals surface area contributed by atoms with E-state index in [1.54, 1.807) is 0 Å². The number of carbonyl (C=O) groups is 2. The minimum atomic E-state index is -2.95. The largest absolute Gasteiger partial charge is 0.351 e. The van der Waals surface area contributed by atoms with Gasteiger partial charge in [0.05, 0.1) is 30.9 Å². The summed E-state index contributed by atoms with van der Waals surface area (Å²) in [6, 6.07) is 4.32. The summed E-state index contributed by atoms with van der Waals surface area (Å²) in [7, 11) is 0. The Morgan fingerprint density at radius 1 is 1.15 bits per heavy atom. The Morgan fingerprint density at radius 2 is 1.91 bits per heavy atom. The van der Waals surface area contributed by atoms with Gasteiger partial charge in [-0.2, -0.15) is 0 Å². The smallest absolute Gasteiger partial charge is 0.273 e. The Labute approximate surface area is 189 Å². The average Bonchev–Trinajstić information content (AvgIpc) is 3.14. The van der Waals surface area contributed by atoms with E-state index in [-0.39, 0.29) is 47.7 Å². The van der Waals surface area contributed by atoms with Gasteiger partial charge in [-0.25, -0.2) is 18.7 Å². The topological polar surface area (TPSA) is 102 Å². The zero-order valence-electron chi connectivity index (χ0n) is 18.1. The second-order valence-electron chi connectivity index (χ2n) is 8.93. The van der Waals surface area contributed by atoms with Crippen LogP contribution in [0.5, 0.6) is 0 Å². The van der Waals surface area contributed by atoms with Crippen molar-refractivity contribution in [3.8, 4) is 0 Å². The monoisotopic (exact) mass is 458 g/mol. The fourth-order valence-corrected chi connectivity index (χ4v) is 4.29.